The molecule has 0 saturated heterocycles. The quantitative estimate of drug-likeness (QED) is 0.521. The van der Waals surface area contributed by atoms with Gasteiger partial charge >= 0.3 is 5.97 Å². The zero-order chi connectivity index (χ0) is 11.8. The Kier molecular flexibility index (Phi) is 5.21. The van der Waals surface area contributed by atoms with E-state index in [-0.39, 0.29) is 5.69 Å². The molecule has 0 amide bonds. The van der Waals surface area contributed by atoms with Gasteiger partial charge in [-0.25, -0.2) is 4.79 Å². The van der Waals surface area contributed by atoms with E-state index in [1.54, 1.807) is 0 Å². The molecular weight excluding hydrogens is 208 g/mol. The lowest BCUT2D eigenvalue weighted by molar-refractivity contribution is 0.0690. The van der Waals surface area contributed by atoms with Gasteiger partial charge in [-0.1, -0.05) is 17.4 Å². The van der Waals surface area contributed by atoms with Gasteiger partial charge in [-0.3, -0.25) is 4.68 Å². The van der Waals surface area contributed by atoms with Gasteiger partial charge < -0.3 is 10.4 Å². The Bertz CT molecular complexity index is 359. The molecular formula is C10H16N4O2. The SMILES string of the molecule is C/C=C/CCNCCn1cc(C(=O)O)nn1. The molecule has 16 heavy (non-hydrogen) atoms. The second-order valence-corrected chi connectivity index (χ2v) is 3.28. The van der Waals surface area contributed by atoms with Crippen molar-refractivity contribution in [2.45, 2.75) is 19.9 Å². The molecule has 0 spiro atoms. The molecule has 2 N–H and O–H groups in total. The van der Waals surface area contributed by atoms with Crippen LogP contribution in [0.4, 0.5) is 0 Å². The van der Waals surface area contributed by atoms with Crippen LogP contribution in [0.5, 0.6) is 0 Å². The van der Waals surface area contributed by atoms with Crippen LogP contribution in [0, 0.1) is 0 Å². The van der Waals surface area contributed by atoms with E-state index in [9.17, 15) is 4.79 Å². The summed E-state index contributed by atoms with van der Waals surface area (Å²) in [6.45, 7) is 4.27. The van der Waals surface area contributed by atoms with E-state index in [4.69, 9.17) is 5.11 Å². The summed E-state index contributed by atoms with van der Waals surface area (Å²) >= 11 is 0. The van der Waals surface area contributed by atoms with Crippen LogP contribution < -0.4 is 5.32 Å². The minimum Gasteiger partial charge on any atom is -0.476 e. The summed E-state index contributed by atoms with van der Waals surface area (Å²) in [5.41, 5.74) is -0.0195. The third-order valence-corrected chi connectivity index (χ3v) is 2.00. The van der Waals surface area contributed by atoms with Gasteiger partial charge in [0.2, 0.25) is 0 Å². The average Bonchev–Trinajstić information content (AvgIpc) is 2.72. The molecule has 1 aromatic heterocycles. The van der Waals surface area contributed by atoms with Crippen LogP contribution in [0.15, 0.2) is 18.3 Å². The molecule has 88 valence electrons. The van der Waals surface area contributed by atoms with Crippen LogP contribution in [0.1, 0.15) is 23.8 Å². The smallest absolute Gasteiger partial charge is 0.358 e. The first-order valence-electron chi connectivity index (χ1n) is 5.19. The molecule has 1 heterocycles. The summed E-state index contributed by atoms with van der Waals surface area (Å²) in [6.07, 6.45) is 6.52. The maximum absolute atomic E-state index is 10.5. The highest BCUT2D eigenvalue weighted by molar-refractivity contribution is 5.84. The molecule has 6 heteroatoms. The van der Waals surface area contributed by atoms with Gasteiger partial charge in [0.1, 0.15) is 0 Å². The minimum absolute atomic E-state index is 0.0195. The van der Waals surface area contributed by atoms with E-state index in [1.807, 2.05) is 13.0 Å². The molecule has 0 unspecified atom stereocenters. The predicted octanol–water partition coefficient (Wildman–Crippen LogP) is 0.532. The molecule has 0 aromatic carbocycles. The molecule has 0 atom stereocenters. The highest BCUT2D eigenvalue weighted by Gasteiger charge is 2.07. The molecule has 0 aliphatic rings. The van der Waals surface area contributed by atoms with E-state index in [1.165, 1.54) is 10.9 Å². The number of hydrogen-bond donors (Lipinski definition) is 2. The Hall–Kier alpha value is -1.69. The Morgan fingerprint density at radius 1 is 1.62 bits per heavy atom. The van der Waals surface area contributed by atoms with E-state index in [0.29, 0.717) is 6.54 Å². The normalized spacial score (nSPS) is 11.1. The number of rotatable bonds is 7. The molecule has 0 aliphatic heterocycles. The molecule has 0 bridgehead atoms. The molecule has 1 aromatic rings. The number of nitrogens with one attached hydrogen (secondary N) is 1. The first-order valence-corrected chi connectivity index (χ1v) is 5.19. The Morgan fingerprint density at radius 2 is 2.44 bits per heavy atom. The van der Waals surface area contributed by atoms with Crippen molar-refractivity contribution in [2.24, 2.45) is 0 Å². The summed E-state index contributed by atoms with van der Waals surface area (Å²) in [5.74, 6) is -1.05. The van der Waals surface area contributed by atoms with E-state index < -0.39 is 5.97 Å². The summed E-state index contributed by atoms with van der Waals surface area (Å²) < 4.78 is 1.52. The van der Waals surface area contributed by atoms with Crippen LogP contribution >= 0.6 is 0 Å². The van der Waals surface area contributed by atoms with Crippen LogP contribution in [0.2, 0.25) is 0 Å². The van der Waals surface area contributed by atoms with Crippen molar-refractivity contribution in [1.82, 2.24) is 20.3 Å². The van der Waals surface area contributed by atoms with Gasteiger partial charge in [0.25, 0.3) is 0 Å². The lowest BCUT2D eigenvalue weighted by Gasteiger charge is -2.01. The molecule has 6 nitrogen and oxygen atoms in total. The fraction of sp³-hybridized carbons (Fsp3) is 0.500. The van der Waals surface area contributed by atoms with Crippen molar-refractivity contribution >= 4 is 5.97 Å². The lowest BCUT2D eigenvalue weighted by atomic mass is 10.4. The largest absolute Gasteiger partial charge is 0.476 e. The number of allylic oxidation sites excluding steroid dienone is 1. The summed E-state index contributed by atoms with van der Waals surface area (Å²) in [7, 11) is 0. The molecule has 0 saturated carbocycles. The topological polar surface area (TPSA) is 80.0 Å². The van der Waals surface area contributed by atoms with E-state index in [2.05, 4.69) is 21.7 Å². The van der Waals surface area contributed by atoms with Gasteiger partial charge in [-0.15, -0.1) is 5.10 Å². The van der Waals surface area contributed by atoms with Gasteiger partial charge in [0, 0.05) is 6.54 Å². The number of carbonyl (C=O) groups is 1. The first-order chi connectivity index (χ1) is 7.74. The summed E-state index contributed by atoms with van der Waals surface area (Å²) in [6, 6.07) is 0. The van der Waals surface area contributed by atoms with Crippen molar-refractivity contribution in [2.75, 3.05) is 13.1 Å². The lowest BCUT2D eigenvalue weighted by Crippen LogP contribution is -2.21. The van der Waals surface area contributed by atoms with Crippen LogP contribution in [-0.4, -0.2) is 39.2 Å². The molecule has 0 fully saturated rings. The molecule has 0 aliphatic carbocycles. The van der Waals surface area contributed by atoms with Crippen molar-refractivity contribution in [3.8, 4) is 0 Å². The average molecular weight is 224 g/mol. The minimum atomic E-state index is -1.05. The van der Waals surface area contributed by atoms with Crippen molar-refractivity contribution in [1.29, 1.82) is 0 Å². The monoisotopic (exact) mass is 224 g/mol. The zero-order valence-corrected chi connectivity index (χ0v) is 9.26. The number of carboxylic acids is 1. The van der Waals surface area contributed by atoms with Crippen LogP contribution in [0.25, 0.3) is 0 Å². The standard InChI is InChI=1S/C10H16N4O2/c1-2-3-4-5-11-6-7-14-8-9(10(15)16)12-13-14/h2-3,8,11H,4-7H2,1H3,(H,15,16)/b3-2+. The highest BCUT2D eigenvalue weighted by atomic mass is 16.4. The zero-order valence-electron chi connectivity index (χ0n) is 9.26. The fourth-order valence-electron chi connectivity index (χ4n) is 1.18. The second kappa shape index (κ2) is 6.73. The van der Waals surface area contributed by atoms with Gasteiger partial charge in [0.15, 0.2) is 5.69 Å². The highest BCUT2D eigenvalue weighted by Crippen LogP contribution is 1.91. The van der Waals surface area contributed by atoms with Crippen molar-refractivity contribution in [3.63, 3.8) is 0 Å². The molecule has 0 radical (unpaired) electrons. The Labute approximate surface area is 94.0 Å². The first kappa shape index (κ1) is 12.4. The van der Waals surface area contributed by atoms with Gasteiger partial charge in [-0.05, 0) is 19.9 Å². The maximum Gasteiger partial charge on any atom is 0.358 e. The maximum atomic E-state index is 10.5. The Morgan fingerprint density at radius 3 is 3.06 bits per heavy atom. The number of carboxylic acid groups (broad SMARTS) is 1. The number of aromatic nitrogens is 3. The Balaban J connectivity index is 2.19. The van der Waals surface area contributed by atoms with Crippen LogP contribution in [0.3, 0.4) is 0 Å². The summed E-state index contributed by atoms with van der Waals surface area (Å²) in [4.78, 5) is 10.5. The number of aromatic carboxylic acids is 1. The van der Waals surface area contributed by atoms with Gasteiger partial charge in [0.05, 0.1) is 12.7 Å². The third-order valence-electron chi connectivity index (χ3n) is 2.00. The van der Waals surface area contributed by atoms with Crippen LogP contribution in [-0.2, 0) is 6.54 Å². The van der Waals surface area contributed by atoms with E-state index >= 15 is 0 Å². The van der Waals surface area contributed by atoms with Gasteiger partial charge in [-0.2, -0.15) is 0 Å². The number of hydrogen-bond acceptors (Lipinski definition) is 4. The second-order valence-electron chi connectivity index (χ2n) is 3.28. The number of nitrogens with zero attached hydrogens (tertiary/aromatic N) is 3. The third kappa shape index (κ3) is 4.22. The fourth-order valence-corrected chi connectivity index (χ4v) is 1.18. The summed E-state index contributed by atoms with van der Waals surface area (Å²) in [5, 5.41) is 19.1. The predicted molar refractivity (Wildman–Crippen MR) is 59.3 cm³/mol. The van der Waals surface area contributed by atoms with Crippen molar-refractivity contribution < 1.29 is 9.90 Å². The van der Waals surface area contributed by atoms with E-state index in [0.717, 1.165) is 19.5 Å². The van der Waals surface area contributed by atoms with Crippen molar-refractivity contribution in [3.05, 3.63) is 24.0 Å². The molecule has 1 rings (SSSR count).